The first-order valence-corrected chi connectivity index (χ1v) is 7.36. The zero-order valence-corrected chi connectivity index (χ0v) is 12.1. The van der Waals surface area contributed by atoms with E-state index in [1.165, 1.54) is 18.2 Å². The normalized spacial score (nSPS) is 11.6. The number of hydrogen-bond donors (Lipinski definition) is 2. The molecule has 0 saturated carbocycles. The molecule has 8 heteroatoms. The van der Waals surface area contributed by atoms with Crippen molar-refractivity contribution in [1.29, 1.82) is 0 Å². The van der Waals surface area contributed by atoms with Gasteiger partial charge in [-0.3, -0.25) is 4.79 Å². The van der Waals surface area contributed by atoms with E-state index >= 15 is 0 Å². The summed E-state index contributed by atoms with van der Waals surface area (Å²) < 4.78 is 27.3. The summed E-state index contributed by atoms with van der Waals surface area (Å²) in [6, 6.07) is 3.81. The average molecular weight is 307 g/mol. The maximum Gasteiger partial charge on any atom is 0.250 e. The Morgan fingerprint density at radius 1 is 1.47 bits per heavy atom. The molecule has 1 aromatic rings. The highest BCUT2D eigenvalue weighted by atomic mass is 35.5. The van der Waals surface area contributed by atoms with Crippen molar-refractivity contribution in [2.45, 2.75) is 24.8 Å². The van der Waals surface area contributed by atoms with Crippen LogP contribution in [0.3, 0.4) is 0 Å². The average Bonchev–Trinajstić information content (AvgIpc) is 2.27. The van der Waals surface area contributed by atoms with Crippen LogP contribution in [0.4, 0.5) is 5.69 Å². The molecule has 0 radical (unpaired) electrons. The molecule has 1 amide bonds. The van der Waals surface area contributed by atoms with Crippen LogP contribution in [0.1, 0.15) is 13.8 Å². The highest BCUT2D eigenvalue weighted by Crippen LogP contribution is 2.24. The zero-order valence-electron chi connectivity index (χ0n) is 10.5. The SMILES string of the molecule is CC(C)OCC(=O)Nc1ccc(S(N)(=O)=O)cc1Cl. The third-order valence-corrected chi connectivity index (χ3v) is 3.31. The number of sulfonamides is 1. The van der Waals surface area contributed by atoms with E-state index in [-0.39, 0.29) is 28.5 Å². The molecule has 3 N–H and O–H groups in total. The molecular weight excluding hydrogens is 292 g/mol. The number of nitrogens with one attached hydrogen (secondary N) is 1. The number of hydrogen-bond acceptors (Lipinski definition) is 4. The van der Waals surface area contributed by atoms with Crippen molar-refractivity contribution in [2.24, 2.45) is 5.14 Å². The summed E-state index contributed by atoms with van der Waals surface area (Å²) in [5, 5.41) is 7.56. The van der Waals surface area contributed by atoms with E-state index in [0.29, 0.717) is 5.69 Å². The van der Waals surface area contributed by atoms with Crippen LogP contribution in [-0.2, 0) is 19.6 Å². The fourth-order valence-electron chi connectivity index (χ4n) is 1.20. The Balaban J connectivity index is 2.78. The predicted molar refractivity (Wildman–Crippen MR) is 72.5 cm³/mol. The largest absolute Gasteiger partial charge is 0.369 e. The van der Waals surface area contributed by atoms with E-state index in [9.17, 15) is 13.2 Å². The van der Waals surface area contributed by atoms with E-state index in [2.05, 4.69) is 5.32 Å². The molecule has 0 aliphatic rings. The number of rotatable bonds is 5. The van der Waals surface area contributed by atoms with E-state index in [1.54, 1.807) is 13.8 Å². The van der Waals surface area contributed by atoms with Gasteiger partial charge in [0.05, 0.1) is 21.7 Å². The minimum absolute atomic E-state index is 0.0639. The fourth-order valence-corrected chi connectivity index (χ4v) is 2.04. The van der Waals surface area contributed by atoms with Gasteiger partial charge in [-0.1, -0.05) is 11.6 Å². The van der Waals surface area contributed by atoms with Gasteiger partial charge in [-0.25, -0.2) is 13.6 Å². The Kier molecular flexibility index (Phi) is 5.30. The molecule has 0 aliphatic heterocycles. The van der Waals surface area contributed by atoms with Crippen LogP contribution in [0, 0.1) is 0 Å². The number of carbonyl (C=O) groups excluding carboxylic acids is 1. The minimum atomic E-state index is -3.81. The summed E-state index contributed by atoms with van der Waals surface area (Å²) in [5.41, 5.74) is 0.298. The summed E-state index contributed by atoms with van der Waals surface area (Å²) in [5.74, 6) is -0.376. The number of amides is 1. The summed E-state index contributed by atoms with van der Waals surface area (Å²) in [6.07, 6.45) is -0.0639. The summed E-state index contributed by atoms with van der Waals surface area (Å²) in [4.78, 5) is 11.4. The Bertz CT molecular complexity index is 572. The lowest BCUT2D eigenvalue weighted by molar-refractivity contribution is -0.121. The first-order valence-electron chi connectivity index (χ1n) is 5.44. The maximum absolute atomic E-state index is 11.5. The van der Waals surface area contributed by atoms with Crippen LogP contribution < -0.4 is 10.5 Å². The smallest absolute Gasteiger partial charge is 0.250 e. The van der Waals surface area contributed by atoms with Crippen molar-refractivity contribution in [3.8, 4) is 0 Å². The van der Waals surface area contributed by atoms with Gasteiger partial charge in [0, 0.05) is 0 Å². The van der Waals surface area contributed by atoms with Crippen molar-refractivity contribution in [3.05, 3.63) is 23.2 Å². The van der Waals surface area contributed by atoms with E-state index in [0.717, 1.165) is 0 Å². The topological polar surface area (TPSA) is 98.5 Å². The third-order valence-electron chi connectivity index (χ3n) is 2.09. The minimum Gasteiger partial charge on any atom is -0.369 e. The molecule has 19 heavy (non-hydrogen) atoms. The van der Waals surface area contributed by atoms with E-state index in [1.807, 2.05) is 0 Å². The summed E-state index contributed by atoms with van der Waals surface area (Å²) in [7, 11) is -3.81. The lowest BCUT2D eigenvalue weighted by Crippen LogP contribution is -2.21. The molecule has 0 saturated heterocycles. The predicted octanol–water partition coefficient (Wildman–Crippen LogP) is 1.35. The van der Waals surface area contributed by atoms with E-state index in [4.69, 9.17) is 21.5 Å². The number of primary sulfonamides is 1. The molecular formula is C11H15ClN2O4S. The van der Waals surface area contributed by atoms with Crippen LogP contribution >= 0.6 is 11.6 Å². The lowest BCUT2D eigenvalue weighted by Gasteiger charge is -2.10. The van der Waals surface area contributed by atoms with Gasteiger partial charge in [-0.15, -0.1) is 0 Å². The van der Waals surface area contributed by atoms with Gasteiger partial charge in [0.2, 0.25) is 15.9 Å². The number of carbonyl (C=O) groups is 1. The number of ether oxygens (including phenoxy) is 1. The number of benzene rings is 1. The molecule has 0 fully saturated rings. The quantitative estimate of drug-likeness (QED) is 0.857. The van der Waals surface area contributed by atoms with Gasteiger partial charge in [0.15, 0.2) is 0 Å². The highest BCUT2D eigenvalue weighted by Gasteiger charge is 2.12. The van der Waals surface area contributed by atoms with Gasteiger partial charge in [-0.05, 0) is 32.0 Å². The van der Waals surface area contributed by atoms with Crippen LogP contribution in [0.25, 0.3) is 0 Å². The second kappa shape index (κ2) is 6.33. The van der Waals surface area contributed by atoms with Gasteiger partial charge < -0.3 is 10.1 Å². The first kappa shape index (κ1) is 15.9. The number of anilines is 1. The van der Waals surface area contributed by atoms with Crippen LogP contribution in [0.5, 0.6) is 0 Å². The third kappa shape index (κ3) is 5.15. The molecule has 0 unspecified atom stereocenters. The Morgan fingerprint density at radius 3 is 2.58 bits per heavy atom. The molecule has 6 nitrogen and oxygen atoms in total. The molecule has 1 rings (SSSR count). The van der Waals surface area contributed by atoms with Crippen molar-refractivity contribution >= 4 is 33.2 Å². The fraction of sp³-hybridized carbons (Fsp3) is 0.364. The monoisotopic (exact) mass is 306 g/mol. The van der Waals surface area contributed by atoms with Crippen LogP contribution in [-0.4, -0.2) is 27.0 Å². The highest BCUT2D eigenvalue weighted by molar-refractivity contribution is 7.89. The molecule has 0 atom stereocenters. The molecule has 0 aromatic heterocycles. The zero-order chi connectivity index (χ0) is 14.6. The Hall–Kier alpha value is -1.15. The number of nitrogens with two attached hydrogens (primary N) is 1. The second-order valence-electron chi connectivity index (χ2n) is 4.09. The lowest BCUT2D eigenvalue weighted by atomic mass is 10.3. The summed E-state index contributed by atoms with van der Waals surface area (Å²) >= 11 is 5.87. The molecule has 0 spiro atoms. The van der Waals surface area contributed by atoms with Crippen LogP contribution in [0.2, 0.25) is 5.02 Å². The van der Waals surface area contributed by atoms with Crippen molar-refractivity contribution in [2.75, 3.05) is 11.9 Å². The van der Waals surface area contributed by atoms with Crippen molar-refractivity contribution in [1.82, 2.24) is 0 Å². The van der Waals surface area contributed by atoms with Gasteiger partial charge >= 0.3 is 0 Å². The second-order valence-corrected chi connectivity index (χ2v) is 6.06. The van der Waals surface area contributed by atoms with Crippen LogP contribution in [0.15, 0.2) is 23.1 Å². The molecule has 0 heterocycles. The van der Waals surface area contributed by atoms with E-state index < -0.39 is 10.0 Å². The summed E-state index contributed by atoms with van der Waals surface area (Å²) in [6.45, 7) is 3.51. The standard InChI is InChI=1S/C11H15ClN2O4S/c1-7(2)18-6-11(15)14-10-4-3-8(5-9(10)12)19(13,16)17/h3-5,7H,6H2,1-2H3,(H,14,15)(H2,13,16,17). The Morgan fingerprint density at radius 2 is 2.11 bits per heavy atom. The maximum atomic E-state index is 11.5. The van der Waals surface area contributed by atoms with Crippen molar-refractivity contribution in [3.63, 3.8) is 0 Å². The molecule has 0 bridgehead atoms. The first-order chi connectivity index (χ1) is 8.70. The Labute approximate surface area is 116 Å². The molecule has 0 aliphatic carbocycles. The van der Waals surface area contributed by atoms with Crippen molar-refractivity contribution < 1.29 is 17.9 Å². The van der Waals surface area contributed by atoms with Gasteiger partial charge in [0.1, 0.15) is 6.61 Å². The van der Waals surface area contributed by atoms with Gasteiger partial charge in [0.25, 0.3) is 0 Å². The number of halogens is 1. The molecule has 106 valence electrons. The van der Waals surface area contributed by atoms with Gasteiger partial charge in [-0.2, -0.15) is 0 Å². The molecule has 1 aromatic carbocycles.